The van der Waals surface area contributed by atoms with Crippen molar-refractivity contribution < 1.29 is 9.53 Å². The van der Waals surface area contributed by atoms with E-state index in [9.17, 15) is 4.79 Å². The Morgan fingerprint density at radius 2 is 1.78 bits per heavy atom. The molecule has 0 heterocycles. The normalized spacial score (nSPS) is 17.8. The van der Waals surface area contributed by atoms with Gasteiger partial charge in [0.05, 0.1) is 6.61 Å². The van der Waals surface area contributed by atoms with Crippen LogP contribution in [-0.4, -0.2) is 12.6 Å². The highest BCUT2D eigenvalue weighted by Crippen LogP contribution is 2.26. The van der Waals surface area contributed by atoms with Crippen LogP contribution >= 0.6 is 0 Å². The van der Waals surface area contributed by atoms with Gasteiger partial charge in [0.15, 0.2) is 0 Å². The molecule has 2 nitrogen and oxygen atoms in total. The first-order valence-corrected chi connectivity index (χ1v) is 7.59. The molecule has 0 aliphatic heterocycles. The second-order valence-corrected chi connectivity index (χ2v) is 5.43. The van der Waals surface area contributed by atoms with Crippen LogP contribution < -0.4 is 0 Å². The fraction of sp³-hybridized carbons (Fsp3) is 0.812. The lowest BCUT2D eigenvalue weighted by Gasteiger charge is -2.19. The topological polar surface area (TPSA) is 26.3 Å². The Kier molecular flexibility index (Phi) is 7.79. The molecule has 1 aliphatic carbocycles. The van der Waals surface area contributed by atoms with Gasteiger partial charge in [0.1, 0.15) is 0 Å². The van der Waals surface area contributed by atoms with Gasteiger partial charge >= 0.3 is 5.97 Å². The molecule has 0 N–H and O–H groups in total. The van der Waals surface area contributed by atoms with E-state index >= 15 is 0 Å². The maximum atomic E-state index is 11.4. The summed E-state index contributed by atoms with van der Waals surface area (Å²) in [6.45, 7) is 6.09. The third-order valence-corrected chi connectivity index (χ3v) is 3.88. The van der Waals surface area contributed by atoms with Gasteiger partial charge in [-0.2, -0.15) is 0 Å². The van der Waals surface area contributed by atoms with Crippen molar-refractivity contribution >= 4 is 5.97 Å². The Bertz CT molecular complexity index is 250. The minimum atomic E-state index is -0.213. The molecule has 1 rings (SSSR count). The molecular formula is C16H28O2. The number of rotatable bonds is 6. The summed E-state index contributed by atoms with van der Waals surface area (Å²) in [5.74, 6) is 0.662. The Morgan fingerprint density at radius 1 is 1.17 bits per heavy atom. The van der Waals surface area contributed by atoms with E-state index in [0.717, 1.165) is 18.8 Å². The number of carbonyl (C=O) groups excluding carboxylic acids is 1. The maximum absolute atomic E-state index is 11.4. The van der Waals surface area contributed by atoms with E-state index in [0.29, 0.717) is 12.2 Å². The average molecular weight is 252 g/mol. The van der Waals surface area contributed by atoms with Gasteiger partial charge in [0.25, 0.3) is 0 Å². The quantitative estimate of drug-likeness (QED) is 0.508. The molecule has 0 aromatic carbocycles. The summed E-state index contributed by atoms with van der Waals surface area (Å²) in [6.07, 6.45) is 12.9. The summed E-state index contributed by atoms with van der Waals surface area (Å²) in [6, 6.07) is 0. The lowest BCUT2D eigenvalue weighted by Crippen LogP contribution is -2.08. The monoisotopic (exact) mass is 252 g/mol. The first kappa shape index (κ1) is 15.3. The molecule has 0 saturated heterocycles. The van der Waals surface area contributed by atoms with E-state index < -0.39 is 0 Å². The molecule has 18 heavy (non-hydrogen) atoms. The number of esters is 1. The van der Waals surface area contributed by atoms with Crippen LogP contribution in [0.15, 0.2) is 12.2 Å². The van der Waals surface area contributed by atoms with Gasteiger partial charge in [-0.3, -0.25) is 0 Å². The highest BCUT2D eigenvalue weighted by molar-refractivity contribution is 5.87. The molecule has 0 amide bonds. The molecule has 0 radical (unpaired) electrons. The summed E-state index contributed by atoms with van der Waals surface area (Å²) in [5.41, 5.74) is 0.641. The summed E-state index contributed by atoms with van der Waals surface area (Å²) >= 11 is 0. The van der Waals surface area contributed by atoms with Crippen LogP contribution in [-0.2, 0) is 9.53 Å². The van der Waals surface area contributed by atoms with Gasteiger partial charge < -0.3 is 4.74 Å². The molecule has 2 heteroatoms. The van der Waals surface area contributed by atoms with Crippen LogP contribution in [0.1, 0.15) is 71.1 Å². The van der Waals surface area contributed by atoms with Crippen molar-refractivity contribution in [3.8, 4) is 0 Å². The standard InChI is InChI=1S/C16H28O2/c1-3-18-16(17)14(2)10-9-13-15-11-7-5-4-6-8-12-15/h15H,2-13H2,1H3. The molecule has 1 fully saturated rings. The Morgan fingerprint density at radius 3 is 2.39 bits per heavy atom. The van der Waals surface area contributed by atoms with Crippen LogP contribution in [0.4, 0.5) is 0 Å². The van der Waals surface area contributed by atoms with Crippen molar-refractivity contribution in [2.75, 3.05) is 6.61 Å². The zero-order chi connectivity index (χ0) is 13.2. The molecule has 1 saturated carbocycles. The van der Waals surface area contributed by atoms with Crippen molar-refractivity contribution in [2.24, 2.45) is 5.92 Å². The number of hydrogen-bond donors (Lipinski definition) is 0. The molecule has 0 aromatic rings. The van der Waals surface area contributed by atoms with Crippen molar-refractivity contribution in [3.63, 3.8) is 0 Å². The van der Waals surface area contributed by atoms with Crippen LogP contribution in [0.25, 0.3) is 0 Å². The SMILES string of the molecule is C=C(CCCC1CCCCCCC1)C(=O)OCC. The smallest absolute Gasteiger partial charge is 0.333 e. The van der Waals surface area contributed by atoms with Crippen LogP contribution in [0, 0.1) is 5.92 Å². The van der Waals surface area contributed by atoms with Gasteiger partial charge in [-0.05, 0) is 25.7 Å². The van der Waals surface area contributed by atoms with Gasteiger partial charge in [0.2, 0.25) is 0 Å². The second-order valence-electron chi connectivity index (χ2n) is 5.43. The highest BCUT2D eigenvalue weighted by Gasteiger charge is 2.13. The Labute approximate surface area is 112 Å². The van der Waals surface area contributed by atoms with E-state index in [2.05, 4.69) is 6.58 Å². The summed E-state index contributed by atoms with van der Waals surface area (Å²) in [4.78, 5) is 11.4. The van der Waals surface area contributed by atoms with E-state index in [1.807, 2.05) is 6.92 Å². The van der Waals surface area contributed by atoms with E-state index in [1.54, 1.807) is 0 Å². The molecular weight excluding hydrogens is 224 g/mol. The largest absolute Gasteiger partial charge is 0.463 e. The third-order valence-electron chi connectivity index (χ3n) is 3.88. The summed E-state index contributed by atoms with van der Waals surface area (Å²) in [7, 11) is 0. The predicted molar refractivity (Wildman–Crippen MR) is 75.4 cm³/mol. The fourth-order valence-electron chi connectivity index (χ4n) is 2.77. The fourth-order valence-corrected chi connectivity index (χ4v) is 2.77. The zero-order valence-electron chi connectivity index (χ0n) is 11.9. The molecule has 1 aliphatic rings. The number of ether oxygens (including phenoxy) is 1. The van der Waals surface area contributed by atoms with Gasteiger partial charge in [-0.25, -0.2) is 4.79 Å². The van der Waals surface area contributed by atoms with Crippen molar-refractivity contribution in [1.29, 1.82) is 0 Å². The van der Waals surface area contributed by atoms with Gasteiger partial charge in [0, 0.05) is 5.57 Å². The molecule has 0 bridgehead atoms. The zero-order valence-corrected chi connectivity index (χ0v) is 11.9. The molecule has 0 atom stereocenters. The Balaban J connectivity index is 2.15. The van der Waals surface area contributed by atoms with Gasteiger partial charge in [-0.15, -0.1) is 0 Å². The highest BCUT2D eigenvalue weighted by atomic mass is 16.5. The van der Waals surface area contributed by atoms with E-state index in [-0.39, 0.29) is 5.97 Å². The molecule has 104 valence electrons. The van der Waals surface area contributed by atoms with E-state index in [4.69, 9.17) is 4.74 Å². The van der Waals surface area contributed by atoms with Crippen LogP contribution in [0.2, 0.25) is 0 Å². The predicted octanol–water partition coefficient (Wildman–Crippen LogP) is 4.64. The third kappa shape index (κ3) is 6.23. The van der Waals surface area contributed by atoms with Crippen LogP contribution in [0.5, 0.6) is 0 Å². The lowest BCUT2D eigenvalue weighted by molar-refractivity contribution is -0.138. The van der Waals surface area contributed by atoms with E-state index in [1.165, 1.54) is 51.4 Å². The molecule has 0 spiro atoms. The average Bonchev–Trinajstić information content (AvgIpc) is 2.31. The summed E-state index contributed by atoms with van der Waals surface area (Å²) in [5, 5.41) is 0. The minimum Gasteiger partial charge on any atom is -0.463 e. The summed E-state index contributed by atoms with van der Waals surface area (Å²) < 4.78 is 4.94. The minimum absolute atomic E-state index is 0.213. The maximum Gasteiger partial charge on any atom is 0.333 e. The second kappa shape index (κ2) is 9.18. The van der Waals surface area contributed by atoms with Gasteiger partial charge in [-0.1, -0.05) is 57.9 Å². The first-order chi connectivity index (χ1) is 8.74. The van der Waals surface area contributed by atoms with Crippen LogP contribution in [0.3, 0.4) is 0 Å². The number of carbonyl (C=O) groups is 1. The lowest BCUT2D eigenvalue weighted by atomic mass is 9.87. The molecule has 0 aromatic heterocycles. The first-order valence-electron chi connectivity index (χ1n) is 7.59. The Hall–Kier alpha value is -0.790. The number of hydrogen-bond acceptors (Lipinski definition) is 2. The van der Waals surface area contributed by atoms with Crippen molar-refractivity contribution in [2.45, 2.75) is 71.1 Å². The van der Waals surface area contributed by atoms with Crippen molar-refractivity contribution in [1.82, 2.24) is 0 Å². The molecule has 0 unspecified atom stereocenters. The van der Waals surface area contributed by atoms with Crippen molar-refractivity contribution in [3.05, 3.63) is 12.2 Å².